The summed E-state index contributed by atoms with van der Waals surface area (Å²) in [5, 5.41) is 10.9. The van der Waals surface area contributed by atoms with Crippen molar-refractivity contribution in [3.8, 4) is 0 Å². The van der Waals surface area contributed by atoms with Crippen molar-refractivity contribution in [1.82, 2.24) is 15.4 Å². The van der Waals surface area contributed by atoms with Gasteiger partial charge in [0.05, 0.1) is 4.90 Å². The third-order valence-corrected chi connectivity index (χ3v) is 3.19. The summed E-state index contributed by atoms with van der Waals surface area (Å²) in [6.45, 7) is 3.24. The number of fused-ring (bicyclic) bond motifs is 1. The number of nitrogens with one attached hydrogen (secondary N) is 1. The highest BCUT2D eigenvalue weighted by Crippen LogP contribution is 2.16. The molecule has 2 aromatic rings. The Hall–Kier alpha value is -1.69. The van der Waals surface area contributed by atoms with Crippen LogP contribution in [0, 0.1) is 0 Å². The normalized spacial score (nSPS) is 11.7. The predicted octanol–water partition coefficient (Wildman–Crippen LogP) is 0.875. The maximum absolute atomic E-state index is 11.4. The summed E-state index contributed by atoms with van der Waals surface area (Å²) in [5.74, 6) is 0. The number of rotatable bonds is 2. The van der Waals surface area contributed by atoms with Crippen LogP contribution < -0.4 is 0 Å². The van der Waals surface area contributed by atoms with Gasteiger partial charge in [-0.2, -0.15) is 15.4 Å². The van der Waals surface area contributed by atoms with Crippen LogP contribution in [0.25, 0.3) is 11.0 Å². The third-order valence-electron chi connectivity index (χ3n) is 1.84. The topological polar surface area (TPSA) is 75.7 Å². The number of benzene rings is 1. The van der Waals surface area contributed by atoms with Crippen LogP contribution in [0.1, 0.15) is 0 Å². The Morgan fingerprint density at radius 3 is 2.71 bits per heavy atom. The molecule has 0 unspecified atom stereocenters. The molecule has 0 aliphatic carbocycles. The number of hydrogen-bond acceptors (Lipinski definition) is 4. The van der Waals surface area contributed by atoms with Gasteiger partial charge in [0.2, 0.25) is 0 Å². The first-order valence-corrected chi connectivity index (χ1v) is 5.36. The summed E-state index contributed by atoms with van der Waals surface area (Å²) in [4.78, 5) is 0.175. The van der Waals surface area contributed by atoms with Gasteiger partial charge in [-0.3, -0.25) is 0 Å². The molecule has 0 aliphatic heterocycles. The Morgan fingerprint density at radius 2 is 2.00 bits per heavy atom. The van der Waals surface area contributed by atoms with Gasteiger partial charge in [0, 0.05) is 5.41 Å². The molecule has 72 valence electrons. The lowest BCUT2D eigenvalue weighted by Crippen LogP contribution is -1.94. The zero-order valence-electron chi connectivity index (χ0n) is 7.14. The minimum Gasteiger partial charge on any atom is -0.219 e. The Balaban J connectivity index is 2.71. The maximum atomic E-state index is 11.4. The SMILES string of the molecule is C=CS(=O)(=O)c1ccc2n[nH]nc2c1. The second kappa shape index (κ2) is 2.91. The Kier molecular flexibility index (Phi) is 1.85. The molecule has 0 aliphatic rings. The van der Waals surface area contributed by atoms with E-state index >= 15 is 0 Å². The molecule has 0 amide bonds. The van der Waals surface area contributed by atoms with E-state index in [0.717, 1.165) is 5.41 Å². The number of hydrogen-bond donors (Lipinski definition) is 1. The molecular weight excluding hydrogens is 202 g/mol. The first kappa shape index (κ1) is 8.89. The van der Waals surface area contributed by atoms with Crippen LogP contribution >= 0.6 is 0 Å². The summed E-state index contributed by atoms with van der Waals surface area (Å²) in [6, 6.07) is 4.52. The summed E-state index contributed by atoms with van der Waals surface area (Å²) in [7, 11) is -3.39. The fraction of sp³-hybridized carbons (Fsp3) is 0. The number of aromatic amines is 1. The molecule has 1 heterocycles. The number of sulfone groups is 1. The highest BCUT2D eigenvalue weighted by molar-refractivity contribution is 7.94. The lowest BCUT2D eigenvalue weighted by Gasteiger charge is -1.96. The minimum atomic E-state index is -3.39. The molecule has 0 fully saturated rings. The molecule has 1 aromatic carbocycles. The number of nitrogens with zero attached hydrogens (tertiary/aromatic N) is 2. The van der Waals surface area contributed by atoms with E-state index in [-0.39, 0.29) is 4.90 Å². The summed E-state index contributed by atoms with van der Waals surface area (Å²) in [6.07, 6.45) is 0. The number of H-pyrrole nitrogens is 1. The molecule has 0 atom stereocenters. The average molecular weight is 209 g/mol. The van der Waals surface area contributed by atoms with E-state index in [1.165, 1.54) is 12.1 Å². The molecule has 1 N–H and O–H groups in total. The van der Waals surface area contributed by atoms with Gasteiger partial charge in [-0.1, -0.05) is 6.58 Å². The quantitative estimate of drug-likeness (QED) is 0.796. The molecule has 0 saturated heterocycles. The molecular formula is C8H7N3O2S. The van der Waals surface area contributed by atoms with Crippen LogP contribution in [0.15, 0.2) is 35.1 Å². The fourth-order valence-corrected chi connectivity index (χ4v) is 1.82. The van der Waals surface area contributed by atoms with E-state index < -0.39 is 9.84 Å². The highest BCUT2D eigenvalue weighted by atomic mass is 32.2. The van der Waals surface area contributed by atoms with E-state index in [2.05, 4.69) is 22.0 Å². The smallest absolute Gasteiger partial charge is 0.199 e. The van der Waals surface area contributed by atoms with Crippen molar-refractivity contribution in [3.05, 3.63) is 30.2 Å². The van der Waals surface area contributed by atoms with E-state index in [0.29, 0.717) is 11.0 Å². The van der Waals surface area contributed by atoms with E-state index in [1.54, 1.807) is 6.07 Å². The molecule has 0 saturated carbocycles. The standard InChI is InChI=1S/C8H7N3O2S/c1-2-14(12,13)6-3-4-7-8(5-6)10-11-9-7/h2-5H,1H2,(H,9,10,11). The van der Waals surface area contributed by atoms with Crippen LogP contribution in [0.2, 0.25) is 0 Å². The molecule has 0 spiro atoms. The van der Waals surface area contributed by atoms with Crippen LogP contribution in [-0.4, -0.2) is 23.8 Å². The zero-order valence-corrected chi connectivity index (χ0v) is 7.95. The summed E-state index contributed by atoms with van der Waals surface area (Å²) in [5.41, 5.74) is 1.15. The van der Waals surface area contributed by atoms with Crippen molar-refractivity contribution in [2.24, 2.45) is 0 Å². The van der Waals surface area contributed by atoms with Crippen LogP contribution in [0.4, 0.5) is 0 Å². The highest BCUT2D eigenvalue weighted by Gasteiger charge is 2.10. The molecule has 6 heteroatoms. The predicted molar refractivity (Wildman–Crippen MR) is 51.3 cm³/mol. The van der Waals surface area contributed by atoms with Crippen molar-refractivity contribution < 1.29 is 8.42 Å². The number of aromatic nitrogens is 3. The monoisotopic (exact) mass is 209 g/mol. The van der Waals surface area contributed by atoms with Gasteiger partial charge in [-0.25, -0.2) is 8.42 Å². The van der Waals surface area contributed by atoms with E-state index in [4.69, 9.17) is 0 Å². The van der Waals surface area contributed by atoms with Gasteiger partial charge >= 0.3 is 0 Å². The van der Waals surface area contributed by atoms with Crippen molar-refractivity contribution in [3.63, 3.8) is 0 Å². The second-order valence-corrected chi connectivity index (χ2v) is 4.58. The van der Waals surface area contributed by atoms with Gasteiger partial charge in [-0.05, 0) is 18.2 Å². The molecule has 1 aromatic heterocycles. The largest absolute Gasteiger partial charge is 0.219 e. The Bertz CT molecular complexity index is 585. The van der Waals surface area contributed by atoms with Crippen LogP contribution in [0.3, 0.4) is 0 Å². The molecule has 0 bridgehead atoms. The van der Waals surface area contributed by atoms with E-state index in [9.17, 15) is 8.42 Å². The maximum Gasteiger partial charge on any atom is 0.199 e. The summed E-state index contributed by atoms with van der Waals surface area (Å²) < 4.78 is 22.8. The molecule has 5 nitrogen and oxygen atoms in total. The van der Waals surface area contributed by atoms with Crippen molar-refractivity contribution >= 4 is 20.9 Å². The molecule has 2 rings (SSSR count). The summed E-state index contributed by atoms with van der Waals surface area (Å²) >= 11 is 0. The first-order chi connectivity index (χ1) is 6.63. The fourth-order valence-electron chi connectivity index (χ4n) is 1.09. The van der Waals surface area contributed by atoms with Crippen molar-refractivity contribution in [2.45, 2.75) is 4.90 Å². The third kappa shape index (κ3) is 1.29. The van der Waals surface area contributed by atoms with Gasteiger partial charge in [0.15, 0.2) is 9.84 Å². The molecule has 14 heavy (non-hydrogen) atoms. The van der Waals surface area contributed by atoms with Gasteiger partial charge < -0.3 is 0 Å². The first-order valence-electron chi connectivity index (χ1n) is 3.81. The van der Waals surface area contributed by atoms with Crippen molar-refractivity contribution in [1.29, 1.82) is 0 Å². The van der Waals surface area contributed by atoms with E-state index in [1.807, 2.05) is 0 Å². The lowest BCUT2D eigenvalue weighted by molar-refractivity contribution is 0.605. The zero-order chi connectivity index (χ0) is 10.2. The van der Waals surface area contributed by atoms with Crippen LogP contribution in [0.5, 0.6) is 0 Å². The van der Waals surface area contributed by atoms with Gasteiger partial charge in [-0.15, -0.1) is 0 Å². The minimum absolute atomic E-state index is 0.175. The van der Waals surface area contributed by atoms with Gasteiger partial charge in [0.1, 0.15) is 11.0 Å². The Morgan fingerprint density at radius 1 is 1.29 bits per heavy atom. The van der Waals surface area contributed by atoms with Crippen molar-refractivity contribution in [2.75, 3.05) is 0 Å². The molecule has 0 radical (unpaired) electrons. The second-order valence-electron chi connectivity index (χ2n) is 2.69. The lowest BCUT2D eigenvalue weighted by atomic mass is 10.3. The average Bonchev–Trinajstić information content (AvgIpc) is 2.64. The van der Waals surface area contributed by atoms with Crippen LogP contribution in [-0.2, 0) is 9.84 Å². The van der Waals surface area contributed by atoms with Gasteiger partial charge in [0.25, 0.3) is 0 Å². The Labute approximate surface area is 80.4 Å².